The van der Waals surface area contributed by atoms with Gasteiger partial charge in [0.2, 0.25) is 0 Å². The summed E-state index contributed by atoms with van der Waals surface area (Å²) in [5, 5.41) is 3.88. The molecule has 0 aliphatic rings. The number of alkyl halides is 2. The van der Waals surface area contributed by atoms with Gasteiger partial charge in [-0.05, 0) is 61.7 Å². The second kappa shape index (κ2) is 9.05. The van der Waals surface area contributed by atoms with E-state index in [9.17, 15) is 18.0 Å². The standard InChI is InChI=1S/C25H23F3N4O/c1-15-9-18(7-8-23(15)31-13-16(2)29-14-31)10-20-12-22(24(27)28)30-32(25(20)33)17(3)19-5-4-6-21(26)11-19/h4-9,11-14,17,24H,10H2,1-3H3/t17-/m0/s1. The van der Waals surface area contributed by atoms with Crippen LogP contribution in [0.25, 0.3) is 5.69 Å². The van der Waals surface area contributed by atoms with Crippen LogP contribution in [0.4, 0.5) is 13.2 Å². The number of hydrogen-bond acceptors (Lipinski definition) is 3. The lowest BCUT2D eigenvalue weighted by Crippen LogP contribution is -2.30. The van der Waals surface area contributed by atoms with E-state index in [2.05, 4.69) is 10.1 Å². The molecule has 1 atom stereocenters. The first-order valence-electron chi connectivity index (χ1n) is 10.5. The Kier molecular flexibility index (Phi) is 6.18. The third kappa shape index (κ3) is 4.74. The lowest BCUT2D eigenvalue weighted by atomic mass is 10.0. The van der Waals surface area contributed by atoms with Gasteiger partial charge in [-0.15, -0.1) is 0 Å². The van der Waals surface area contributed by atoms with Gasteiger partial charge in [-0.2, -0.15) is 5.10 Å². The van der Waals surface area contributed by atoms with Gasteiger partial charge in [0.25, 0.3) is 12.0 Å². The molecule has 170 valence electrons. The van der Waals surface area contributed by atoms with E-state index in [1.165, 1.54) is 18.2 Å². The summed E-state index contributed by atoms with van der Waals surface area (Å²) in [4.78, 5) is 17.4. The highest BCUT2D eigenvalue weighted by Gasteiger charge is 2.20. The fourth-order valence-corrected chi connectivity index (χ4v) is 3.88. The molecule has 0 spiro atoms. The van der Waals surface area contributed by atoms with Crippen molar-refractivity contribution in [2.45, 2.75) is 39.7 Å². The average molecular weight is 452 g/mol. The van der Waals surface area contributed by atoms with Crippen molar-refractivity contribution in [1.82, 2.24) is 19.3 Å². The van der Waals surface area contributed by atoms with Gasteiger partial charge in [0.15, 0.2) is 0 Å². The number of nitrogens with zero attached hydrogens (tertiary/aromatic N) is 4. The summed E-state index contributed by atoms with van der Waals surface area (Å²) in [6.07, 6.45) is 0.957. The molecule has 0 aliphatic carbocycles. The fraction of sp³-hybridized carbons (Fsp3) is 0.240. The lowest BCUT2D eigenvalue weighted by Gasteiger charge is -2.17. The van der Waals surface area contributed by atoms with E-state index in [1.807, 2.05) is 42.8 Å². The summed E-state index contributed by atoms with van der Waals surface area (Å²) in [7, 11) is 0. The van der Waals surface area contributed by atoms with Gasteiger partial charge in [-0.25, -0.2) is 22.8 Å². The van der Waals surface area contributed by atoms with Crippen molar-refractivity contribution in [3.05, 3.63) is 111 Å². The summed E-state index contributed by atoms with van der Waals surface area (Å²) in [6.45, 7) is 5.48. The highest BCUT2D eigenvalue weighted by atomic mass is 19.3. The molecular formula is C25H23F3N4O. The minimum Gasteiger partial charge on any atom is -0.306 e. The predicted octanol–water partition coefficient (Wildman–Crippen LogP) is 5.32. The van der Waals surface area contributed by atoms with Crippen LogP contribution in [-0.2, 0) is 6.42 Å². The van der Waals surface area contributed by atoms with Crippen LogP contribution in [0.2, 0.25) is 0 Å². The van der Waals surface area contributed by atoms with E-state index in [0.29, 0.717) is 5.56 Å². The van der Waals surface area contributed by atoms with Crippen LogP contribution in [0, 0.1) is 19.7 Å². The number of rotatable bonds is 6. The Labute approximate surface area is 189 Å². The Balaban J connectivity index is 1.72. The molecule has 0 bridgehead atoms. The van der Waals surface area contributed by atoms with Crippen LogP contribution >= 0.6 is 0 Å². The number of imidazole rings is 1. The van der Waals surface area contributed by atoms with Crippen LogP contribution in [-0.4, -0.2) is 19.3 Å². The van der Waals surface area contributed by atoms with Crippen LogP contribution in [0.5, 0.6) is 0 Å². The largest absolute Gasteiger partial charge is 0.306 e. The minimum absolute atomic E-state index is 0.168. The number of aryl methyl sites for hydroxylation is 2. The molecule has 0 fully saturated rings. The second-order valence-corrected chi connectivity index (χ2v) is 8.10. The average Bonchev–Trinajstić information content (AvgIpc) is 3.20. The molecule has 0 unspecified atom stereocenters. The third-order valence-corrected chi connectivity index (χ3v) is 5.60. The molecule has 2 heterocycles. The molecule has 0 saturated heterocycles. The zero-order valence-electron chi connectivity index (χ0n) is 18.5. The first kappa shape index (κ1) is 22.5. The number of benzene rings is 2. The first-order chi connectivity index (χ1) is 15.7. The monoisotopic (exact) mass is 452 g/mol. The summed E-state index contributed by atoms with van der Waals surface area (Å²) in [5.74, 6) is -0.471. The van der Waals surface area contributed by atoms with E-state index in [1.54, 1.807) is 19.3 Å². The number of halogens is 3. The molecule has 0 radical (unpaired) electrons. The van der Waals surface area contributed by atoms with E-state index in [-0.39, 0.29) is 12.0 Å². The Morgan fingerprint density at radius 2 is 1.85 bits per heavy atom. The van der Waals surface area contributed by atoms with Crippen molar-refractivity contribution in [2.75, 3.05) is 0 Å². The van der Waals surface area contributed by atoms with E-state index >= 15 is 0 Å². The molecule has 0 N–H and O–H groups in total. The van der Waals surface area contributed by atoms with Gasteiger partial charge in [0, 0.05) is 23.9 Å². The Hall–Kier alpha value is -3.68. The summed E-state index contributed by atoms with van der Waals surface area (Å²) in [5.41, 5.74) is 3.30. The van der Waals surface area contributed by atoms with E-state index in [4.69, 9.17) is 0 Å². The third-order valence-electron chi connectivity index (χ3n) is 5.60. The molecule has 8 heteroatoms. The zero-order valence-corrected chi connectivity index (χ0v) is 18.5. The van der Waals surface area contributed by atoms with Crippen molar-refractivity contribution in [2.24, 2.45) is 0 Å². The maximum Gasteiger partial charge on any atom is 0.282 e. The predicted molar refractivity (Wildman–Crippen MR) is 120 cm³/mol. The lowest BCUT2D eigenvalue weighted by molar-refractivity contribution is 0.142. The van der Waals surface area contributed by atoms with Crippen LogP contribution in [0.1, 0.15) is 53.0 Å². The Bertz CT molecular complexity index is 1360. The van der Waals surface area contributed by atoms with Gasteiger partial charge >= 0.3 is 0 Å². The molecule has 0 saturated carbocycles. The van der Waals surface area contributed by atoms with Crippen molar-refractivity contribution >= 4 is 0 Å². The molecule has 4 aromatic rings. The quantitative estimate of drug-likeness (QED) is 0.398. The summed E-state index contributed by atoms with van der Waals surface area (Å²) in [6, 6.07) is 11.8. The van der Waals surface area contributed by atoms with Crippen molar-refractivity contribution in [1.29, 1.82) is 0 Å². The van der Waals surface area contributed by atoms with Crippen molar-refractivity contribution in [3.8, 4) is 5.69 Å². The second-order valence-electron chi connectivity index (χ2n) is 8.10. The maximum absolute atomic E-state index is 13.7. The SMILES string of the molecule is Cc1cn(-c2ccc(Cc3cc(C(F)F)nn([C@@H](C)c4cccc(F)c4)c3=O)cc2C)cn1. The molecule has 4 rings (SSSR count). The van der Waals surface area contributed by atoms with Gasteiger partial charge in [0.05, 0.1) is 18.1 Å². The first-order valence-corrected chi connectivity index (χ1v) is 10.5. The van der Waals surface area contributed by atoms with E-state index < -0.39 is 29.5 Å². The molecular weight excluding hydrogens is 429 g/mol. The zero-order chi connectivity index (χ0) is 23.7. The highest BCUT2D eigenvalue weighted by Crippen LogP contribution is 2.22. The summed E-state index contributed by atoms with van der Waals surface area (Å²) >= 11 is 0. The van der Waals surface area contributed by atoms with Crippen LogP contribution < -0.4 is 5.56 Å². The van der Waals surface area contributed by atoms with Crippen molar-refractivity contribution in [3.63, 3.8) is 0 Å². The highest BCUT2D eigenvalue weighted by molar-refractivity contribution is 5.44. The smallest absolute Gasteiger partial charge is 0.282 e. The van der Waals surface area contributed by atoms with Crippen molar-refractivity contribution < 1.29 is 13.2 Å². The van der Waals surface area contributed by atoms with Crippen LogP contribution in [0.3, 0.4) is 0 Å². The topological polar surface area (TPSA) is 52.7 Å². The molecule has 33 heavy (non-hydrogen) atoms. The van der Waals surface area contributed by atoms with Crippen LogP contribution in [0.15, 0.2) is 65.8 Å². The number of aromatic nitrogens is 4. The maximum atomic E-state index is 13.7. The molecule has 5 nitrogen and oxygen atoms in total. The molecule has 2 aromatic heterocycles. The minimum atomic E-state index is -2.84. The Morgan fingerprint density at radius 1 is 1.06 bits per heavy atom. The van der Waals surface area contributed by atoms with Gasteiger partial charge in [-0.1, -0.05) is 24.3 Å². The molecule has 0 amide bonds. The van der Waals surface area contributed by atoms with Gasteiger partial charge in [0.1, 0.15) is 11.5 Å². The van der Waals surface area contributed by atoms with E-state index in [0.717, 1.165) is 33.3 Å². The molecule has 0 aliphatic heterocycles. The van der Waals surface area contributed by atoms with Gasteiger partial charge in [-0.3, -0.25) is 4.79 Å². The van der Waals surface area contributed by atoms with Gasteiger partial charge < -0.3 is 4.57 Å². The normalized spacial score (nSPS) is 12.3. The molecule has 2 aromatic carbocycles. The Morgan fingerprint density at radius 3 is 2.48 bits per heavy atom. The summed E-state index contributed by atoms with van der Waals surface area (Å²) < 4.78 is 43.8. The number of hydrogen-bond donors (Lipinski definition) is 0. The fourth-order valence-electron chi connectivity index (χ4n) is 3.88.